The average Bonchev–Trinajstić information content (AvgIpc) is 3.17. The van der Waals surface area contributed by atoms with Gasteiger partial charge in [0, 0.05) is 29.9 Å². The zero-order chi connectivity index (χ0) is 19.3. The van der Waals surface area contributed by atoms with E-state index in [1.165, 1.54) is 0 Å². The second kappa shape index (κ2) is 7.85. The van der Waals surface area contributed by atoms with Crippen LogP contribution in [0.4, 0.5) is 10.5 Å². The maximum atomic E-state index is 12.3. The van der Waals surface area contributed by atoms with Gasteiger partial charge in [0.25, 0.3) is 5.91 Å². The lowest BCUT2D eigenvalue weighted by molar-refractivity contribution is 0.0959. The summed E-state index contributed by atoms with van der Waals surface area (Å²) in [6.45, 7) is 1.60. The number of nitrogens with zero attached hydrogens (tertiary/aromatic N) is 1. The molecule has 28 heavy (non-hydrogen) atoms. The normalized spacial score (nSPS) is 13.0. The Balaban J connectivity index is 1.35. The molecule has 0 unspecified atom stereocenters. The smallest absolute Gasteiger partial charge is 0.321 e. The number of nitrogens with one attached hydrogen (secondary N) is 2. The molecule has 1 aliphatic heterocycles. The molecule has 0 aromatic heterocycles. The number of rotatable bonds is 3. The van der Waals surface area contributed by atoms with E-state index >= 15 is 0 Å². The molecule has 4 rings (SSSR count). The fourth-order valence-corrected chi connectivity index (χ4v) is 3.15. The fraction of sp³-hybridized carbons (Fsp3) is 0.130. The van der Waals surface area contributed by atoms with E-state index in [0.29, 0.717) is 18.7 Å². The summed E-state index contributed by atoms with van der Waals surface area (Å²) in [5.74, 6) is 5.85. The van der Waals surface area contributed by atoms with Crippen LogP contribution in [0.3, 0.4) is 0 Å². The minimum Gasteiger partial charge on any atom is -0.341 e. The molecular weight excluding hydrogens is 350 g/mol. The van der Waals surface area contributed by atoms with Gasteiger partial charge in [-0.1, -0.05) is 42.2 Å². The number of carbonyl (C=O) groups excluding carboxylic acids is 2. The number of fused-ring (bicyclic) bond motifs is 1. The number of amides is 3. The molecule has 3 aromatic carbocycles. The molecule has 0 aliphatic carbocycles. The molecule has 138 valence electrons. The molecule has 5 heteroatoms. The monoisotopic (exact) mass is 369 g/mol. The van der Waals surface area contributed by atoms with Crippen LogP contribution in [0.15, 0.2) is 66.7 Å². The summed E-state index contributed by atoms with van der Waals surface area (Å²) in [6.07, 6.45) is 0. The Morgan fingerprint density at radius 3 is 2.57 bits per heavy atom. The van der Waals surface area contributed by atoms with Crippen LogP contribution in [-0.2, 0) is 0 Å². The molecule has 1 aliphatic rings. The van der Waals surface area contributed by atoms with Gasteiger partial charge in [0.2, 0.25) is 0 Å². The standard InChI is InChI=1S/C23H19N3O2/c27-22(20-10-9-18-5-1-2-6-19(18)16-20)24-13-3-4-17-7-11-21(12-8-17)26-15-14-25-23(26)28/h1-2,5-12,16H,13-15H2,(H,24,27)(H,25,28). The number of urea groups is 1. The Morgan fingerprint density at radius 1 is 1.04 bits per heavy atom. The number of hydrogen-bond donors (Lipinski definition) is 2. The molecule has 0 atom stereocenters. The van der Waals surface area contributed by atoms with Crippen molar-refractivity contribution in [2.75, 3.05) is 24.5 Å². The highest BCUT2D eigenvalue weighted by Gasteiger charge is 2.20. The van der Waals surface area contributed by atoms with Gasteiger partial charge in [-0.15, -0.1) is 0 Å². The Labute approximate surface area is 163 Å². The van der Waals surface area contributed by atoms with Crippen LogP contribution in [0.25, 0.3) is 10.8 Å². The summed E-state index contributed by atoms with van der Waals surface area (Å²) in [5.41, 5.74) is 2.31. The first-order valence-electron chi connectivity index (χ1n) is 9.12. The Bertz CT molecular complexity index is 1090. The van der Waals surface area contributed by atoms with E-state index in [9.17, 15) is 9.59 Å². The number of carbonyl (C=O) groups is 2. The van der Waals surface area contributed by atoms with E-state index in [4.69, 9.17) is 0 Å². The van der Waals surface area contributed by atoms with Gasteiger partial charge in [-0.25, -0.2) is 4.79 Å². The minimum atomic E-state index is -0.143. The second-order valence-electron chi connectivity index (χ2n) is 6.48. The quantitative estimate of drug-likeness (QED) is 0.697. The zero-order valence-corrected chi connectivity index (χ0v) is 15.2. The Morgan fingerprint density at radius 2 is 1.82 bits per heavy atom. The minimum absolute atomic E-state index is 0.0739. The first kappa shape index (κ1) is 17.6. The molecular formula is C23H19N3O2. The second-order valence-corrected chi connectivity index (χ2v) is 6.48. The van der Waals surface area contributed by atoms with Crippen molar-refractivity contribution in [3.05, 3.63) is 77.9 Å². The topological polar surface area (TPSA) is 61.4 Å². The van der Waals surface area contributed by atoms with Gasteiger partial charge >= 0.3 is 6.03 Å². The highest BCUT2D eigenvalue weighted by Crippen LogP contribution is 2.17. The predicted octanol–water partition coefficient (Wildman–Crippen LogP) is 3.15. The van der Waals surface area contributed by atoms with E-state index < -0.39 is 0 Å². The predicted molar refractivity (Wildman–Crippen MR) is 110 cm³/mol. The van der Waals surface area contributed by atoms with Gasteiger partial charge in [-0.2, -0.15) is 0 Å². The maximum Gasteiger partial charge on any atom is 0.321 e. The molecule has 0 radical (unpaired) electrons. The first-order valence-corrected chi connectivity index (χ1v) is 9.12. The molecule has 5 nitrogen and oxygen atoms in total. The molecule has 0 spiro atoms. The van der Waals surface area contributed by atoms with Gasteiger partial charge in [-0.3, -0.25) is 9.69 Å². The van der Waals surface area contributed by atoms with Crippen LogP contribution in [-0.4, -0.2) is 31.6 Å². The van der Waals surface area contributed by atoms with Gasteiger partial charge in [-0.05, 0) is 47.2 Å². The first-order chi connectivity index (χ1) is 13.7. The molecule has 0 bridgehead atoms. The van der Waals surface area contributed by atoms with Crippen molar-refractivity contribution < 1.29 is 9.59 Å². The van der Waals surface area contributed by atoms with E-state index in [1.807, 2.05) is 66.7 Å². The summed E-state index contributed by atoms with van der Waals surface area (Å²) in [6, 6.07) is 21.0. The van der Waals surface area contributed by atoms with Crippen LogP contribution in [0.1, 0.15) is 15.9 Å². The number of hydrogen-bond acceptors (Lipinski definition) is 2. The SMILES string of the molecule is O=C(NCC#Cc1ccc(N2CCNC2=O)cc1)c1ccc2ccccc2c1. The van der Waals surface area contributed by atoms with Crippen molar-refractivity contribution in [3.8, 4) is 11.8 Å². The molecule has 2 N–H and O–H groups in total. The van der Waals surface area contributed by atoms with Gasteiger partial charge in [0.05, 0.1) is 6.54 Å². The van der Waals surface area contributed by atoms with Crippen LogP contribution in [0.2, 0.25) is 0 Å². The molecule has 3 aromatic rings. The number of benzene rings is 3. The molecule has 0 saturated carbocycles. The van der Waals surface area contributed by atoms with Crippen molar-refractivity contribution in [2.24, 2.45) is 0 Å². The molecule has 1 heterocycles. The molecule has 3 amide bonds. The Kier molecular flexibility index (Phi) is 4.94. The zero-order valence-electron chi connectivity index (χ0n) is 15.2. The van der Waals surface area contributed by atoms with E-state index in [0.717, 1.165) is 22.0 Å². The molecule has 1 fully saturated rings. The van der Waals surface area contributed by atoms with Crippen LogP contribution < -0.4 is 15.5 Å². The van der Waals surface area contributed by atoms with E-state index in [-0.39, 0.29) is 18.5 Å². The van der Waals surface area contributed by atoms with E-state index in [1.54, 1.807) is 4.90 Å². The Hall–Kier alpha value is -3.78. The highest BCUT2D eigenvalue weighted by atomic mass is 16.2. The van der Waals surface area contributed by atoms with Gasteiger partial charge in [0.1, 0.15) is 0 Å². The van der Waals surface area contributed by atoms with Crippen molar-refractivity contribution in [3.63, 3.8) is 0 Å². The summed E-state index contributed by atoms with van der Waals surface area (Å²) in [7, 11) is 0. The number of anilines is 1. The molecule has 1 saturated heterocycles. The van der Waals surface area contributed by atoms with Crippen LogP contribution in [0, 0.1) is 11.8 Å². The lowest BCUT2D eigenvalue weighted by Gasteiger charge is -2.13. The van der Waals surface area contributed by atoms with Crippen molar-refractivity contribution in [1.29, 1.82) is 0 Å². The van der Waals surface area contributed by atoms with Crippen molar-refractivity contribution in [1.82, 2.24) is 10.6 Å². The van der Waals surface area contributed by atoms with Crippen LogP contribution >= 0.6 is 0 Å². The third-order valence-electron chi connectivity index (χ3n) is 4.62. The highest BCUT2D eigenvalue weighted by molar-refractivity contribution is 5.98. The van der Waals surface area contributed by atoms with E-state index in [2.05, 4.69) is 22.5 Å². The van der Waals surface area contributed by atoms with Crippen LogP contribution in [0.5, 0.6) is 0 Å². The summed E-state index contributed by atoms with van der Waals surface area (Å²) < 4.78 is 0. The lowest BCUT2D eigenvalue weighted by atomic mass is 10.1. The summed E-state index contributed by atoms with van der Waals surface area (Å²) in [4.78, 5) is 25.7. The fourth-order valence-electron chi connectivity index (χ4n) is 3.15. The van der Waals surface area contributed by atoms with Gasteiger partial charge in [0.15, 0.2) is 0 Å². The summed E-state index contributed by atoms with van der Waals surface area (Å²) in [5, 5.41) is 7.74. The third kappa shape index (κ3) is 3.81. The average molecular weight is 369 g/mol. The largest absolute Gasteiger partial charge is 0.341 e. The lowest BCUT2D eigenvalue weighted by Crippen LogP contribution is -2.27. The van der Waals surface area contributed by atoms with Crippen molar-refractivity contribution >= 4 is 28.4 Å². The maximum absolute atomic E-state index is 12.3. The summed E-state index contributed by atoms with van der Waals surface area (Å²) >= 11 is 0. The van der Waals surface area contributed by atoms with Crippen molar-refractivity contribution in [2.45, 2.75) is 0 Å². The van der Waals surface area contributed by atoms with Gasteiger partial charge < -0.3 is 10.6 Å². The third-order valence-corrected chi connectivity index (χ3v) is 4.62.